The summed E-state index contributed by atoms with van der Waals surface area (Å²) in [5.41, 5.74) is 0.652. The summed E-state index contributed by atoms with van der Waals surface area (Å²) in [4.78, 5) is 3.78. The molecule has 1 heterocycles. The van der Waals surface area contributed by atoms with E-state index in [0.29, 0.717) is 25.4 Å². The Morgan fingerprint density at radius 1 is 1.37 bits per heavy atom. The normalized spacial score (nSPS) is 12.6. The minimum Gasteiger partial charge on any atom is -0.382 e. The van der Waals surface area contributed by atoms with E-state index in [1.54, 1.807) is 19.4 Å². The summed E-state index contributed by atoms with van der Waals surface area (Å²) in [6.07, 6.45) is 4.60. The van der Waals surface area contributed by atoms with Gasteiger partial charge in [0.25, 0.3) is 0 Å². The third-order valence-electron chi connectivity index (χ3n) is 2.80. The lowest BCUT2D eigenvalue weighted by Crippen LogP contribution is -2.24. The molecule has 1 atom stereocenters. The molecule has 0 aliphatic rings. The number of rotatable bonds is 10. The summed E-state index contributed by atoms with van der Waals surface area (Å²) in [6, 6.07) is 1.68. The van der Waals surface area contributed by atoms with Crippen molar-refractivity contribution in [2.45, 2.75) is 25.8 Å². The lowest BCUT2D eigenvalue weighted by molar-refractivity contribution is 0.0656. The molecule has 0 aromatic carbocycles. The number of methoxy groups -OCH3 is 1. The monoisotopic (exact) mass is 270 g/mol. The van der Waals surface area contributed by atoms with E-state index < -0.39 is 0 Å². The Morgan fingerprint density at radius 3 is 2.89 bits per heavy atom. The van der Waals surface area contributed by atoms with Gasteiger partial charge in [-0.2, -0.15) is 0 Å². The molecule has 0 amide bonds. The molecule has 0 spiro atoms. The number of hydrogen-bond acceptors (Lipinski definition) is 4. The molecule has 1 N–H and O–H groups in total. The molecule has 1 unspecified atom stereocenters. The average Bonchev–Trinajstić information content (AvgIpc) is 2.43. The molecule has 1 aromatic heterocycles. The molecule has 19 heavy (non-hydrogen) atoms. The van der Waals surface area contributed by atoms with E-state index in [2.05, 4.69) is 17.2 Å². The second kappa shape index (κ2) is 9.83. The summed E-state index contributed by atoms with van der Waals surface area (Å²) in [6.45, 7) is 4.66. The molecule has 4 nitrogen and oxygen atoms in total. The smallest absolute Gasteiger partial charge is 0.146 e. The third kappa shape index (κ3) is 6.09. The summed E-state index contributed by atoms with van der Waals surface area (Å²) >= 11 is 0. The molecular weight excluding hydrogens is 247 g/mol. The van der Waals surface area contributed by atoms with Crippen molar-refractivity contribution in [1.82, 2.24) is 10.3 Å². The van der Waals surface area contributed by atoms with Crippen LogP contribution in [0.15, 0.2) is 18.5 Å². The molecule has 1 rings (SSSR count). The van der Waals surface area contributed by atoms with Crippen LogP contribution in [-0.4, -0.2) is 38.5 Å². The first-order chi connectivity index (χ1) is 9.29. The Morgan fingerprint density at radius 2 is 2.21 bits per heavy atom. The van der Waals surface area contributed by atoms with Crippen LogP contribution >= 0.6 is 0 Å². The Balaban J connectivity index is 2.49. The van der Waals surface area contributed by atoms with Gasteiger partial charge in [-0.3, -0.25) is 4.98 Å². The van der Waals surface area contributed by atoms with E-state index >= 15 is 0 Å². The molecule has 5 heteroatoms. The number of nitrogens with zero attached hydrogens (tertiary/aromatic N) is 1. The van der Waals surface area contributed by atoms with Gasteiger partial charge in [-0.05, 0) is 25.5 Å². The number of halogens is 1. The van der Waals surface area contributed by atoms with Crippen LogP contribution in [0.5, 0.6) is 0 Å². The van der Waals surface area contributed by atoms with Crippen LogP contribution in [0.25, 0.3) is 0 Å². The molecule has 0 bridgehead atoms. The van der Waals surface area contributed by atoms with Gasteiger partial charge in [0.2, 0.25) is 0 Å². The molecule has 0 saturated heterocycles. The van der Waals surface area contributed by atoms with Crippen molar-refractivity contribution in [2.75, 3.05) is 33.5 Å². The predicted molar refractivity (Wildman–Crippen MR) is 72.5 cm³/mol. The van der Waals surface area contributed by atoms with Gasteiger partial charge >= 0.3 is 0 Å². The quantitative estimate of drug-likeness (QED) is 0.663. The maximum absolute atomic E-state index is 13.7. The van der Waals surface area contributed by atoms with Gasteiger partial charge in [-0.1, -0.05) is 6.92 Å². The molecule has 1 aromatic rings. The minimum absolute atomic E-state index is 0.0366. The number of hydrogen-bond donors (Lipinski definition) is 1. The van der Waals surface area contributed by atoms with E-state index in [0.717, 1.165) is 19.4 Å². The van der Waals surface area contributed by atoms with Crippen molar-refractivity contribution in [3.8, 4) is 0 Å². The number of ether oxygens (including phenoxy) is 2. The lowest BCUT2D eigenvalue weighted by atomic mass is 10.0. The van der Waals surface area contributed by atoms with Crippen LogP contribution in [0.2, 0.25) is 0 Å². The fourth-order valence-electron chi connectivity index (χ4n) is 1.80. The Bertz CT molecular complexity index is 350. The standard InChI is InChI=1S/C14H23FN2O2/c1-3-6-17-14(5-8-19-10-9-18-2)12-4-7-16-11-13(12)15/h4,7,11,14,17H,3,5-6,8-10H2,1-2H3. The SMILES string of the molecule is CCCNC(CCOCCOC)c1ccncc1F. The largest absolute Gasteiger partial charge is 0.382 e. The third-order valence-corrected chi connectivity index (χ3v) is 2.80. The van der Waals surface area contributed by atoms with Gasteiger partial charge in [0.1, 0.15) is 5.82 Å². The van der Waals surface area contributed by atoms with Crippen LogP contribution in [0.3, 0.4) is 0 Å². The van der Waals surface area contributed by atoms with Gasteiger partial charge < -0.3 is 14.8 Å². The first kappa shape index (κ1) is 16.0. The number of pyridine rings is 1. The van der Waals surface area contributed by atoms with Crippen molar-refractivity contribution in [1.29, 1.82) is 0 Å². The van der Waals surface area contributed by atoms with Crippen LogP contribution < -0.4 is 5.32 Å². The Kier molecular flexibility index (Phi) is 8.29. The Labute approximate surface area is 114 Å². The highest BCUT2D eigenvalue weighted by atomic mass is 19.1. The van der Waals surface area contributed by atoms with Crippen LogP contribution in [0, 0.1) is 5.82 Å². The maximum atomic E-state index is 13.7. The zero-order valence-corrected chi connectivity index (χ0v) is 11.7. The van der Waals surface area contributed by atoms with Crippen LogP contribution in [-0.2, 0) is 9.47 Å². The lowest BCUT2D eigenvalue weighted by Gasteiger charge is -2.19. The van der Waals surface area contributed by atoms with Crippen molar-refractivity contribution in [2.24, 2.45) is 0 Å². The highest BCUT2D eigenvalue weighted by molar-refractivity contribution is 5.17. The van der Waals surface area contributed by atoms with Crippen molar-refractivity contribution >= 4 is 0 Å². The average molecular weight is 270 g/mol. The second-order valence-corrected chi connectivity index (χ2v) is 4.30. The van der Waals surface area contributed by atoms with Crippen LogP contribution in [0.1, 0.15) is 31.4 Å². The fourth-order valence-corrected chi connectivity index (χ4v) is 1.80. The first-order valence-electron chi connectivity index (χ1n) is 6.69. The summed E-state index contributed by atoms with van der Waals surface area (Å²) in [5, 5.41) is 3.34. The zero-order chi connectivity index (χ0) is 13.9. The molecule has 0 saturated carbocycles. The second-order valence-electron chi connectivity index (χ2n) is 4.30. The molecule has 0 aliphatic heterocycles. The molecular formula is C14H23FN2O2. The van der Waals surface area contributed by atoms with Gasteiger partial charge in [0, 0.05) is 31.5 Å². The van der Waals surface area contributed by atoms with E-state index in [9.17, 15) is 4.39 Å². The molecule has 0 radical (unpaired) electrons. The Hall–Kier alpha value is -1.04. The molecule has 0 fully saturated rings. The predicted octanol–water partition coefficient (Wildman–Crippen LogP) is 2.31. The zero-order valence-electron chi connectivity index (χ0n) is 11.7. The van der Waals surface area contributed by atoms with Crippen molar-refractivity contribution in [3.63, 3.8) is 0 Å². The number of aromatic nitrogens is 1. The minimum atomic E-state index is -0.270. The van der Waals surface area contributed by atoms with Gasteiger partial charge in [-0.15, -0.1) is 0 Å². The summed E-state index contributed by atoms with van der Waals surface area (Å²) in [5.74, 6) is -0.270. The van der Waals surface area contributed by atoms with E-state index in [1.165, 1.54) is 6.20 Å². The highest BCUT2D eigenvalue weighted by Crippen LogP contribution is 2.19. The van der Waals surface area contributed by atoms with Crippen molar-refractivity contribution < 1.29 is 13.9 Å². The summed E-state index contributed by atoms with van der Waals surface area (Å²) < 4.78 is 24.1. The van der Waals surface area contributed by atoms with Crippen molar-refractivity contribution in [3.05, 3.63) is 29.8 Å². The summed E-state index contributed by atoms with van der Waals surface area (Å²) in [7, 11) is 1.64. The van der Waals surface area contributed by atoms with Gasteiger partial charge in [0.05, 0.1) is 19.4 Å². The topological polar surface area (TPSA) is 43.4 Å². The van der Waals surface area contributed by atoms with Gasteiger partial charge in [0.15, 0.2) is 0 Å². The maximum Gasteiger partial charge on any atom is 0.146 e. The first-order valence-corrected chi connectivity index (χ1v) is 6.69. The van der Waals surface area contributed by atoms with Crippen LogP contribution in [0.4, 0.5) is 4.39 Å². The van der Waals surface area contributed by atoms with E-state index in [4.69, 9.17) is 9.47 Å². The van der Waals surface area contributed by atoms with E-state index in [1.807, 2.05) is 0 Å². The fraction of sp³-hybridized carbons (Fsp3) is 0.643. The molecule has 0 aliphatic carbocycles. The van der Waals surface area contributed by atoms with Gasteiger partial charge in [-0.25, -0.2) is 4.39 Å². The van der Waals surface area contributed by atoms with E-state index in [-0.39, 0.29) is 11.9 Å². The highest BCUT2D eigenvalue weighted by Gasteiger charge is 2.14. The number of nitrogens with one attached hydrogen (secondary N) is 1. The molecule has 108 valence electrons.